The number of aryl methyl sites for hydroxylation is 1. The third-order valence-electron chi connectivity index (χ3n) is 6.35. The van der Waals surface area contributed by atoms with Gasteiger partial charge in [0.05, 0.1) is 12.8 Å². The molecule has 8 nitrogen and oxygen atoms in total. The Kier molecular flexibility index (Phi) is 13.1. The highest BCUT2D eigenvalue weighted by Gasteiger charge is 2.22. The second-order valence-electron chi connectivity index (χ2n) is 10.4. The molecule has 3 aromatic carbocycles. The molecule has 3 aromatic rings. The minimum atomic E-state index is -0.777. The summed E-state index contributed by atoms with van der Waals surface area (Å²) in [7, 11) is 0. The van der Waals surface area contributed by atoms with Gasteiger partial charge in [-0.1, -0.05) is 67.9 Å². The maximum absolute atomic E-state index is 13.0. The number of halogens is 1. The molecule has 0 heterocycles. The molecule has 0 unspecified atom stereocenters. The monoisotopic (exact) mass is 605 g/mol. The molecule has 2 amide bonds. The number of nitrogens with zero attached hydrogens (tertiary/aromatic N) is 1. The van der Waals surface area contributed by atoms with E-state index in [1.165, 1.54) is 6.21 Å². The SMILES string of the molecule is C=CCc1cc(/C=N\NC(=O)[C@H](CC(C)C)NC(=O)COc2ccccc2C)cc(OCC)c1OCc1ccccc1Cl. The van der Waals surface area contributed by atoms with Crippen molar-refractivity contribution in [1.82, 2.24) is 10.7 Å². The Bertz CT molecular complexity index is 1420. The zero-order chi connectivity index (χ0) is 31.2. The van der Waals surface area contributed by atoms with Gasteiger partial charge >= 0.3 is 0 Å². The summed E-state index contributed by atoms with van der Waals surface area (Å²) in [5, 5.41) is 7.56. The van der Waals surface area contributed by atoms with Crippen LogP contribution >= 0.6 is 11.6 Å². The predicted molar refractivity (Wildman–Crippen MR) is 171 cm³/mol. The van der Waals surface area contributed by atoms with E-state index in [4.69, 9.17) is 25.8 Å². The molecular formula is C34H40ClN3O5. The minimum absolute atomic E-state index is 0.158. The van der Waals surface area contributed by atoms with Gasteiger partial charge in [0, 0.05) is 16.1 Å². The van der Waals surface area contributed by atoms with E-state index in [9.17, 15) is 9.59 Å². The molecule has 0 aliphatic rings. The highest BCUT2D eigenvalue weighted by atomic mass is 35.5. The van der Waals surface area contributed by atoms with Gasteiger partial charge < -0.3 is 19.5 Å². The van der Waals surface area contributed by atoms with E-state index in [0.717, 1.165) is 16.7 Å². The van der Waals surface area contributed by atoms with E-state index in [-0.39, 0.29) is 19.1 Å². The zero-order valence-corrected chi connectivity index (χ0v) is 25.9. The van der Waals surface area contributed by atoms with Crippen molar-refractivity contribution in [2.24, 2.45) is 11.0 Å². The Balaban J connectivity index is 1.70. The molecule has 0 aliphatic heterocycles. The Morgan fingerprint density at radius 2 is 1.74 bits per heavy atom. The Morgan fingerprint density at radius 1 is 1.00 bits per heavy atom. The maximum atomic E-state index is 13.0. The largest absolute Gasteiger partial charge is 0.490 e. The molecule has 3 rings (SSSR count). The van der Waals surface area contributed by atoms with Crippen molar-refractivity contribution in [2.75, 3.05) is 13.2 Å². The van der Waals surface area contributed by atoms with Crippen molar-refractivity contribution in [3.63, 3.8) is 0 Å². The zero-order valence-electron chi connectivity index (χ0n) is 25.2. The molecule has 2 N–H and O–H groups in total. The topological polar surface area (TPSA) is 98.3 Å². The number of allylic oxidation sites excluding steroid dienone is 1. The maximum Gasteiger partial charge on any atom is 0.262 e. The second-order valence-corrected chi connectivity index (χ2v) is 10.8. The molecule has 0 fully saturated rings. The van der Waals surface area contributed by atoms with Gasteiger partial charge in [-0.3, -0.25) is 9.59 Å². The van der Waals surface area contributed by atoms with Gasteiger partial charge in [-0.25, -0.2) is 5.43 Å². The van der Waals surface area contributed by atoms with Crippen LogP contribution in [0.5, 0.6) is 17.2 Å². The average Bonchev–Trinajstić information content (AvgIpc) is 2.97. The molecule has 0 saturated heterocycles. The van der Waals surface area contributed by atoms with Crippen molar-refractivity contribution >= 4 is 29.6 Å². The molecular weight excluding hydrogens is 566 g/mol. The lowest BCUT2D eigenvalue weighted by molar-refractivity contribution is -0.130. The van der Waals surface area contributed by atoms with Gasteiger partial charge in [0.25, 0.3) is 11.8 Å². The second kappa shape index (κ2) is 17.0. The van der Waals surface area contributed by atoms with Crippen LogP contribution in [0.4, 0.5) is 0 Å². The minimum Gasteiger partial charge on any atom is -0.490 e. The highest BCUT2D eigenvalue weighted by Crippen LogP contribution is 2.34. The van der Waals surface area contributed by atoms with E-state index in [0.29, 0.717) is 47.3 Å². The molecule has 0 radical (unpaired) electrons. The van der Waals surface area contributed by atoms with Crippen LogP contribution in [-0.2, 0) is 22.6 Å². The van der Waals surface area contributed by atoms with Crippen LogP contribution in [-0.4, -0.2) is 37.3 Å². The Morgan fingerprint density at radius 3 is 2.44 bits per heavy atom. The fraction of sp³-hybridized carbons (Fsp3) is 0.324. The molecule has 0 aliphatic carbocycles. The Labute approximate surface area is 259 Å². The fourth-order valence-corrected chi connectivity index (χ4v) is 4.50. The average molecular weight is 606 g/mol. The number of carbonyl (C=O) groups excluding carboxylic acids is 2. The number of hydrazone groups is 1. The number of benzene rings is 3. The van der Waals surface area contributed by atoms with E-state index in [2.05, 4.69) is 22.4 Å². The van der Waals surface area contributed by atoms with Crippen LogP contribution in [0.2, 0.25) is 5.02 Å². The summed E-state index contributed by atoms with van der Waals surface area (Å²) in [5.74, 6) is 1.09. The van der Waals surface area contributed by atoms with Crippen LogP contribution in [0.1, 0.15) is 49.4 Å². The summed E-state index contributed by atoms with van der Waals surface area (Å²) in [4.78, 5) is 25.6. The molecule has 228 valence electrons. The van der Waals surface area contributed by atoms with Crippen LogP contribution in [0.25, 0.3) is 0 Å². The first-order valence-corrected chi connectivity index (χ1v) is 14.7. The van der Waals surface area contributed by atoms with E-state index < -0.39 is 17.9 Å². The molecule has 0 saturated carbocycles. The number of hydrogen-bond acceptors (Lipinski definition) is 6. The van der Waals surface area contributed by atoms with Crippen LogP contribution < -0.4 is 25.0 Å². The molecule has 43 heavy (non-hydrogen) atoms. The first-order chi connectivity index (χ1) is 20.7. The standard InChI is InChI=1S/C34H40ClN3O5/c1-6-12-26-18-25(19-31(41-7-2)33(26)43-21-27-14-9-10-15-28(27)35)20-36-38-34(40)29(17-23(3)4)37-32(39)22-42-30-16-11-8-13-24(30)5/h6,8-11,13-16,18-20,23,29H,1,7,12,17,21-22H2,2-5H3,(H,37,39)(H,38,40)/b36-20-/t29-/m0/s1. The molecule has 0 spiro atoms. The van der Waals surface area contributed by atoms with Crippen molar-refractivity contribution in [3.05, 3.63) is 101 Å². The number of ether oxygens (including phenoxy) is 3. The summed E-state index contributed by atoms with van der Waals surface area (Å²) in [6, 6.07) is 17.9. The fourth-order valence-electron chi connectivity index (χ4n) is 4.31. The highest BCUT2D eigenvalue weighted by molar-refractivity contribution is 6.31. The number of rotatable bonds is 16. The van der Waals surface area contributed by atoms with Gasteiger partial charge in [-0.05, 0) is 68.0 Å². The quantitative estimate of drug-likeness (QED) is 0.112. The van der Waals surface area contributed by atoms with Crippen LogP contribution in [0, 0.1) is 12.8 Å². The predicted octanol–water partition coefficient (Wildman–Crippen LogP) is 6.41. The van der Waals surface area contributed by atoms with Crippen molar-refractivity contribution in [2.45, 2.75) is 53.2 Å². The van der Waals surface area contributed by atoms with Gasteiger partial charge in [0.2, 0.25) is 0 Å². The smallest absolute Gasteiger partial charge is 0.262 e. The van der Waals surface area contributed by atoms with Gasteiger partial charge in [-0.15, -0.1) is 6.58 Å². The van der Waals surface area contributed by atoms with Crippen molar-refractivity contribution < 1.29 is 23.8 Å². The van der Waals surface area contributed by atoms with Crippen LogP contribution in [0.3, 0.4) is 0 Å². The van der Waals surface area contributed by atoms with E-state index in [1.54, 1.807) is 18.2 Å². The first kappa shape index (κ1) is 33.2. The third-order valence-corrected chi connectivity index (χ3v) is 6.72. The number of para-hydroxylation sites is 1. The third kappa shape index (κ3) is 10.5. The normalized spacial score (nSPS) is 11.7. The van der Waals surface area contributed by atoms with E-state index >= 15 is 0 Å². The first-order valence-electron chi connectivity index (χ1n) is 14.3. The lowest BCUT2D eigenvalue weighted by Gasteiger charge is -2.19. The number of amides is 2. The Hall–Kier alpha value is -4.30. The summed E-state index contributed by atoms with van der Waals surface area (Å²) < 4.78 is 17.7. The van der Waals surface area contributed by atoms with Gasteiger partial charge in [0.15, 0.2) is 18.1 Å². The summed E-state index contributed by atoms with van der Waals surface area (Å²) in [6.07, 6.45) is 4.27. The summed E-state index contributed by atoms with van der Waals surface area (Å²) in [5.41, 5.74) is 5.88. The number of hydrogen-bond donors (Lipinski definition) is 2. The lowest BCUT2D eigenvalue weighted by atomic mass is 10.0. The van der Waals surface area contributed by atoms with E-state index in [1.807, 2.05) is 76.2 Å². The van der Waals surface area contributed by atoms with Crippen molar-refractivity contribution in [3.8, 4) is 17.2 Å². The molecule has 0 bridgehead atoms. The van der Waals surface area contributed by atoms with Gasteiger partial charge in [-0.2, -0.15) is 5.10 Å². The van der Waals surface area contributed by atoms with Crippen LogP contribution in [0.15, 0.2) is 78.4 Å². The molecule has 9 heteroatoms. The summed E-state index contributed by atoms with van der Waals surface area (Å²) >= 11 is 6.32. The summed E-state index contributed by atoms with van der Waals surface area (Å²) in [6.45, 7) is 12.1. The molecule has 1 atom stereocenters. The van der Waals surface area contributed by atoms with Crippen molar-refractivity contribution in [1.29, 1.82) is 0 Å². The number of carbonyl (C=O) groups is 2. The van der Waals surface area contributed by atoms with Gasteiger partial charge in [0.1, 0.15) is 18.4 Å². The lowest BCUT2D eigenvalue weighted by Crippen LogP contribution is -2.47. The number of nitrogens with one attached hydrogen (secondary N) is 2. The molecule has 0 aromatic heterocycles.